The molecule has 0 saturated heterocycles. The summed E-state index contributed by atoms with van der Waals surface area (Å²) < 4.78 is 2.11. The van der Waals surface area contributed by atoms with E-state index in [2.05, 4.69) is 22.0 Å². The van der Waals surface area contributed by atoms with Crippen LogP contribution in [0, 0.1) is 0 Å². The molecule has 3 aromatic carbocycles. The lowest BCUT2D eigenvalue weighted by Gasteiger charge is -2.09. The van der Waals surface area contributed by atoms with Crippen LogP contribution in [0.2, 0.25) is 10.0 Å². The Bertz CT molecular complexity index is 1270. The molecule has 156 valence electrons. The average Bonchev–Trinajstić information content (AvgIpc) is 3.12. The van der Waals surface area contributed by atoms with Crippen molar-refractivity contribution in [1.29, 1.82) is 0 Å². The highest BCUT2D eigenvalue weighted by atomic mass is 35.5. The van der Waals surface area contributed by atoms with Gasteiger partial charge in [0.15, 0.2) is 0 Å². The van der Waals surface area contributed by atoms with Gasteiger partial charge >= 0.3 is 0 Å². The smallest absolute Gasteiger partial charge is 0.271 e. The normalized spacial score (nSPS) is 11.3. The molecule has 5 nitrogen and oxygen atoms in total. The highest BCUT2D eigenvalue weighted by Gasteiger charge is 2.16. The Hall–Kier alpha value is -3.15. The van der Waals surface area contributed by atoms with Crippen molar-refractivity contribution in [3.05, 3.63) is 87.9 Å². The van der Waals surface area contributed by atoms with E-state index in [-0.39, 0.29) is 5.91 Å². The molecule has 0 radical (unpaired) electrons. The lowest BCUT2D eigenvalue weighted by Crippen LogP contribution is -2.17. The van der Waals surface area contributed by atoms with Crippen LogP contribution < -0.4 is 5.43 Å². The number of fused-ring (bicyclic) bond motifs is 1. The number of benzene rings is 3. The summed E-state index contributed by atoms with van der Waals surface area (Å²) in [5.41, 5.74) is 6.40. The van der Waals surface area contributed by atoms with Crippen molar-refractivity contribution >= 4 is 46.4 Å². The van der Waals surface area contributed by atoms with Gasteiger partial charge in [-0.05, 0) is 48.4 Å². The highest BCUT2D eigenvalue weighted by molar-refractivity contribution is 6.36. The maximum Gasteiger partial charge on any atom is 0.271 e. The van der Waals surface area contributed by atoms with E-state index in [4.69, 9.17) is 28.2 Å². The molecule has 0 atom stereocenters. The van der Waals surface area contributed by atoms with Gasteiger partial charge < -0.3 is 4.57 Å². The van der Waals surface area contributed by atoms with Crippen LogP contribution in [0.1, 0.15) is 29.3 Å². The minimum absolute atomic E-state index is 0.301. The van der Waals surface area contributed by atoms with Crippen LogP contribution >= 0.6 is 23.2 Å². The number of hydrogen-bond acceptors (Lipinski definition) is 3. The fourth-order valence-electron chi connectivity index (χ4n) is 3.37. The monoisotopic (exact) mass is 450 g/mol. The van der Waals surface area contributed by atoms with Crippen molar-refractivity contribution in [3.63, 3.8) is 0 Å². The molecule has 0 fully saturated rings. The Labute approximate surface area is 190 Å². The molecule has 1 amide bonds. The molecule has 0 spiro atoms. The minimum Gasteiger partial charge on any atom is -0.324 e. The predicted molar refractivity (Wildman–Crippen MR) is 127 cm³/mol. The summed E-state index contributed by atoms with van der Waals surface area (Å²) in [7, 11) is 0. The van der Waals surface area contributed by atoms with Gasteiger partial charge in [0.2, 0.25) is 0 Å². The summed E-state index contributed by atoms with van der Waals surface area (Å²) in [6.07, 6.45) is 2.53. The summed E-state index contributed by atoms with van der Waals surface area (Å²) in [5.74, 6) is 0.448. The first-order chi connectivity index (χ1) is 15.1. The predicted octanol–water partition coefficient (Wildman–Crippen LogP) is 6.18. The van der Waals surface area contributed by atoms with Crippen LogP contribution in [-0.2, 0) is 6.54 Å². The number of nitrogens with one attached hydrogen (secondary N) is 1. The van der Waals surface area contributed by atoms with Gasteiger partial charge in [-0.1, -0.05) is 60.5 Å². The van der Waals surface area contributed by atoms with E-state index < -0.39 is 0 Å². The first kappa shape index (κ1) is 21.1. The summed E-state index contributed by atoms with van der Waals surface area (Å²) in [5, 5.41) is 5.14. The molecule has 0 bridgehead atoms. The second-order valence-corrected chi connectivity index (χ2v) is 7.87. The number of aryl methyl sites for hydroxylation is 1. The van der Waals surface area contributed by atoms with Gasteiger partial charge in [0, 0.05) is 22.7 Å². The summed E-state index contributed by atoms with van der Waals surface area (Å²) in [6, 6.07) is 20.4. The van der Waals surface area contributed by atoms with Crippen molar-refractivity contribution in [2.24, 2.45) is 5.10 Å². The molecular formula is C24H20Cl2N4O. The fraction of sp³-hybridized carbons (Fsp3) is 0.125. The Balaban J connectivity index is 1.65. The van der Waals surface area contributed by atoms with Gasteiger partial charge in [-0.2, -0.15) is 5.10 Å². The molecule has 1 N–H and O–H groups in total. The molecule has 4 rings (SSSR count). The number of imidazole rings is 1. The maximum absolute atomic E-state index is 12.6. The van der Waals surface area contributed by atoms with Crippen molar-refractivity contribution in [3.8, 4) is 11.4 Å². The number of rotatable bonds is 6. The van der Waals surface area contributed by atoms with Crippen LogP contribution in [0.15, 0.2) is 71.8 Å². The van der Waals surface area contributed by atoms with E-state index in [0.29, 0.717) is 21.1 Å². The SMILES string of the molecule is CCCn1c(-c2ccc(Cl)cc2Cl)nc2cc(C(=O)N/N=C/c3ccccc3)ccc21. The molecule has 31 heavy (non-hydrogen) atoms. The van der Waals surface area contributed by atoms with Crippen LogP contribution in [-0.4, -0.2) is 21.7 Å². The topological polar surface area (TPSA) is 59.3 Å². The lowest BCUT2D eigenvalue weighted by atomic mass is 10.2. The van der Waals surface area contributed by atoms with Gasteiger partial charge in [0.1, 0.15) is 5.82 Å². The third kappa shape index (κ3) is 4.63. The number of carbonyl (C=O) groups excluding carboxylic acids is 1. The first-order valence-corrected chi connectivity index (χ1v) is 10.7. The van der Waals surface area contributed by atoms with Crippen molar-refractivity contribution in [2.75, 3.05) is 0 Å². The molecule has 7 heteroatoms. The van der Waals surface area contributed by atoms with Gasteiger partial charge in [-0.3, -0.25) is 4.79 Å². The van der Waals surface area contributed by atoms with E-state index in [9.17, 15) is 4.79 Å². The van der Waals surface area contributed by atoms with Gasteiger partial charge in [-0.15, -0.1) is 0 Å². The first-order valence-electron chi connectivity index (χ1n) is 9.91. The molecule has 0 saturated carbocycles. The number of hydrogen-bond donors (Lipinski definition) is 1. The highest BCUT2D eigenvalue weighted by Crippen LogP contribution is 2.32. The van der Waals surface area contributed by atoms with Gasteiger partial charge in [-0.25, -0.2) is 10.4 Å². The quantitative estimate of drug-likeness (QED) is 0.281. The molecule has 0 aliphatic heterocycles. The molecule has 0 aliphatic rings. The van der Waals surface area contributed by atoms with E-state index in [1.165, 1.54) is 0 Å². The summed E-state index contributed by atoms with van der Waals surface area (Å²) >= 11 is 12.5. The third-order valence-corrected chi connectivity index (χ3v) is 5.36. The Morgan fingerprint density at radius 2 is 1.90 bits per heavy atom. The number of aromatic nitrogens is 2. The minimum atomic E-state index is -0.301. The molecule has 1 heterocycles. The molecular weight excluding hydrogens is 431 g/mol. The standard InChI is InChI=1S/C24H20Cl2N4O/c1-2-12-30-22-11-8-17(24(31)29-27-15-16-6-4-3-5-7-16)13-21(22)28-23(30)19-10-9-18(25)14-20(19)26/h3-11,13-15H,2,12H2,1H3,(H,29,31)/b27-15+. The van der Waals surface area contributed by atoms with E-state index in [0.717, 1.165) is 35.4 Å². The van der Waals surface area contributed by atoms with Gasteiger partial charge in [0.05, 0.1) is 22.3 Å². The zero-order valence-electron chi connectivity index (χ0n) is 16.8. The van der Waals surface area contributed by atoms with E-state index >= 15 is 0 Å². The van der Waals surface area contributed by atoms with Gasteiger partial charge in [0.25, 0.3) is 5.91 Å². The fourth-order valence-corrected chi connectivity index (χ4v) is 3.86. The van der Waals surface area contributed by atoms with Crippen LogP contribution in [0.3, 0.4) is 0 Å². The van der Waals surface area contributed by atoms with E-state index in [1.807, 2.05) is 42.5 Å². The Kier molecular flexibility index (Phi) is 6.35. The third-order valence-electron chi connectivity index (χ3n) is 4.81. The molecule has 4 aromatic rings. The van der Waals surface area contributed by atoms with Crippen molar-refractivity contribution in [1.82, 2.24) is 15.0 Å². The van der Waals surface area contributed by atoms with Crippen LogP contribution in [0.4, 0.5) is 0 Å². The molecule has 1 aromatic heterocycles. The average molecular weight is 451 g/mol. The van der Waals surface area contributed by atoms with Crippen LogP contribution in [0.5, 0.6) is 0 Å². The van der Waals surface area contributed by atoms with Crippen LogP contribution in [0.25, 0.3) is 22.4 Å². The zero-order chi connectivity index (χ0) is 21.8. The van der Waals surface area contributed by atoms with Crippen molar-refractivity contribution in [2.45, 2.75) is 19.9 Å². The number of halogens is 2. The Morgan fingerprint density at radius 1 is 1.10 bits per heavy atom. The lowest BCUT2D eigenvalue weighted by molar-refractivity contribution is 0.0955. The number of carbonyl (C=O) groups is 1. The number of nitrogens with zero attached hydrogens (tertiary/aromatic N) is 3. The maximum atomic E-state index is 12.6. The molecule has 0 unspecified atom stereocenters. The summed E-state index contributed by atoms with van der Waals surface area (Å²) in [4.78, 5) is 17.3. The second kappa shape index (κ2) is 9.33. The second-order valence-electron chi connectivity index (χ2n) is 7.02. The number of amides is 1. The summed E-state index contributed by atoms with van der Waals surface area (Å²) in [6.45, 7) is 2.88. The number of hydrazone groups is 1. The largest absolute Gasteiger partial charge is 0.324 e. The van der Waals surface area contributed by atoms with Crippen molar-refractivity contribution < 1.29 is 4.79 Å². The van der Waals surface area contributed by atoms with E-state index in [1.54, 1.807) is 30.5 Å². The zero-order valence-corrected chi connectivity index (χ0v) is 18.4. The Morgan fingerprint density at radius 3 is 2.65 bits per heavy atom. The molecule has 0 aliphatic carbocycles.